The van der Waals surface area contributed by atoms with E-state index in [1.807, 2.05) is 21.1 Å². The second-order valence-electron chi connectivity index (χ2n) is 22.0. The molecule has 1 amide bonds. The molecule has 0 radical (unpaired) electrons. The molecule has 75 heavy (non-hydrogen) atoms. The van der Waals surface area contributed by atoms with Crippen molar-refractivity contribution in [3.63, 3.8) is 0 Å². The number of phosphoric acid groups is 1. The summed E-state index contributed by atoms with van der Waals surface area (Å²) in [5.41, 5.74) is 0. The summed E-state index contributed by atoms with van der Waals surface area (Å²) in [6.07, 6.45) is 80.2. The maximum absolute atomic E-state index is 13.0. The van der Waals surface area contributed by atoms with Gasteiger partial charge < -0.3 is 28.8 Å². The number of nitrogens with zero attached hydrogens (tertiary/aromatic N) is 1. The molecule has 0 saturated carbocycles. The van der Waals surface area contributed by atoms with Gasteiger partial charge in [0.25, 0.3) is 7.82 Å². The van der Waals surface area contributed by atoms with Gasteiger partial charge in [-0.15, -0.1) is 0 Å². The molecule has 0 bridgehead atoms. The van der Waals surface area contributed by atoms with E-state index in [2.05, 4.69) is 116 Å². The molecule has 0 saturated heterocycles. The largest absolute Gasteiger partial charge is 0.756 e. The highest BCUT2D eigenvalue weighted by atomic mass is 31.2. The molecule has 2 N–H and O–H groups in total. The Labute approximate surface area is 464 Å². The average Bonchev–Trinajstić information content (AvgIpc) is 3.37. The number of quaternary nitrogens is 1. The Bertz CT molecular complexity index is 1540. The summed E-state index contributed by atoms with van der Waals surface area (Å²) in [7, 11) is 1.28. The topological polar surface area (TPSA) is 108 Å². The second kappa shape index (κ2) is 56.2. The Morgan fingerprint density at radius 1 is 0.480 bits per heavy atom. The Hall–Kier alpha value is -2.58. The zero-order valence-corrected chi connectivity index (χ0v) is 50.4. The Kier molecular flexibility index (Phi) is 54.2. The number of unbranched alkanes of at least 4 members (excludes halogenated alkanes) is 27. The fourth-order valence-corrected chi connectivity index (χ4v) is 9.49. The van der Waals surface area contributed by atoms with E-state index in [1.54, 1.807) is 0 Å². The van der Waals surface area contributed by atoms with Crippen molar-refractivity contribution >= 4 is 13.7 Å². The molecule has 3 unspecified atom stereocenters. The molecule has 8 nitrogen and oxygen atoms in total. The van der Waals surface area contributed by atoms with Crippen molar-refractivity contribution in [3.8, 4) is 0 Å². The van der Waals surface area contributed by atoms with Gasteiger partial charge in [-0.2, -0.15) is 0 Å². The predicted molar refractivity (Wildman–Crippen MR) is 325 cm³/mol. The first-order valence-corrected chi connectivity index (χ1v) is 32.5. The average molecular weight is 1070 g/mol. The first kappa shape index (κ1) is 72.4. The van der Waals surface area contributed by atoms with Crippen LogP contribution in [0.4, 0.5) is 0 Å². The van der Waals surface area contributed by atoms with Crippen molar-refractivity contribution in [2.24, 2.45) is 0 Å². The number of phosphoric ester groups is 1. The fourth-order valence-electron chi connectivity index (χ4n) is 8.76. The molecule has 434 valence electrons. The van der Waals surface area contributed by atoms with Gasteiger partial charge in [-0.05, 0) is 77.0 Å². The number of aliphatic hydroxyl groups excluding tert-OH is 1. The first-order chi connectivity index (χ1) is 36.5. The van der Waals surface area contributed by atoms with Crippen molar-refractivity contribution in [2.45, 2.75) is 276 Å². The van der Waals surface area contributed by atoms with E-state index in [9.17, 15) is 19.4 Å². The third kappa shape index (κ3) is 58.9. The third-order valence-electron chi connectivity index (χ3n) is 13.6. The van der Waals surface area contributed by atoms with Gasteiger partial charge in [-0.1, -0.05) is 278 Å². The van der Waals surface area contributed by atoms with Crippen LogP contribution in [0.3, 0.4) is 0 Å². The minimum Gasteiger partial charge on any atom is -0.756 e. The number of rotatable bonds is 56. The summed E-state index contributed by atoms with van der Waals surface area (Å²) < 4.78 is 23.5. The molecule has 0 aromatic carbocycles. The maximum Gasteiger partial charge on any atom is 0.268 e. The van der Waals surface area contributed by atoms with E-state index in [-0.39, 0.29) is 19.1 Å². The van der Waals surface area contributed by atoms with Gasteiger partial charge in [0.05, 0.1) is 39.9 Å². The van der Waals surface area contributed by atoms with Gasteiger partial charge in [0.15, 0.2) is 0 Å². The standard InChI is InChI=1S/C66H119N2O6P/c1-6-8-10-12-14-16-18-20-22-24-26-28-30-32-33-34-35-36-38-40-42-44-46-48-50-52-54-56-58-60-66(70)67-64(63-74-75(71,72)73-62-61-68(3,4)5)65(69)59-57-55-53-51-49-47-45-43-41-39-37-31-29-27-25-23-21-19-17-15-13-11-9-7-2/h8,10,14,16,20,22,26,28,32-33,35-36,40,42,46,48,64-65,69H,6-7,9,11-13,15,17-19,21,23-25,27,29-31,34,37-39,41,43-45,47,49-63H2,1-5H3,(H-,67,70,71,72)/b10-8-,16-14-,22-20-,28-26-,33-32-,36-35-,42-40-,48-46-. The minimum absolute atomic E-state index is 0.00195. The Balaban J connectivity index is 4.23. The highest BCUT2D eigenvalue weighted by molar-refractivity contribution is 7.45. The smallest absolute Gasteiger partial charge is 0.268 e. The number of hydrogen-bond acceptors (Lipinski definition) is 6. The van der Waals surface area contributed by atoms with Gasteiger partial charge in [0, 0.05) is 6.42 Å². The molecule has 0 rings (SSSR count). The van der Waals surface area contributed by atoms with Crippen LogP contribution in [-0.2, 0) is 18.4 Å². The minimum atomic E-state index is -4.59. The molecule has 9 heteroatoms. The number of allylic oxidation sites excluding steroid dienone is 16. The molecule has 0 aromatic rings. The number of carbonyl (C=O) groups excluding carboxylic acids is 1. The van der Waals surface area contributed by atoms with Crippen molar-refractivity contribution in [3.05, 3.63) is 97.2 Å². The highest BCUT2D eigenvalue weighted by Crippen LogP contribution is 2.38. The summed E-state index contributed by atoms with van der Waals surface area (Å²) in [6.45, 7) is 4.60. The molecule has 0 spiro atoms. The molecule has 3 atom stereocenters. The Morgan fingerprint density at radius 2 is 0.813 bits per heavy atom. The van der Waals surface area contributed by atoms with Crippen molar-refractivity contribution in [1.29, 1.82) is 0 Å². The number of carbonyl (C=O) groups is 1. The zero-order valence-electron chi connectivity index (χ0n) is 49.5. The van der Waals surface area contributed by atoms with Crippen LogP contribution in [0.15, 0.2) is 97.2 Å². The molecule has 0 aliphatic heterocycles. The van der Waals surface area contributed by atoms with E-state index < -0.39 is 20.0 Å². The summed E-state index contributed by atoms with van der Waals surface area (Å²) in [5.74, 6) is -0.190. The molecule has 0 heterocycles. The molecular weight excluding hydrogens is 948 g/mol. The lowest BCUT2D eigenvalue weighted by Crippen LogP contribution is -2.46. The van der Waals surface area contributed by atoms with Crippen LogP contribution >= 0.6 is 7.82 Å². The van der Waals surface area contributed by atoms with E-state index in [0.29, 0.717) is 23.9 Å². The van der Waals surface area contributed by atoms with E-state index in [4.69, 9.17) is 9.05 Å². The number of likely N-dealkylation sites (N-methyl/N-ethyl adjacent to an activating group) is 1. The lowest BCUT2D eigenvalue weighted by Gasteiger charge is -2.30. The third-order valence-corrected chi connectivity index (χ3v) is 14.6. The molecule has 0 aromatic heterocycles. The van der Waals surface area contributed by atoms with Crippen molar-refractivity contribution in [2.75, 3.05) is 40.9 Å². The lowest BCUT2D eigenvalue weighted by atomic mass is 10.0. The first-order valence-electron chi connectivity index (χ1n) is 31.1. The van der Waals surface area contributed by atoms with Crippen LogP contribution in [-0.4, -0.2) is 68.5 Å². The van der Waals surface area contributed by atoms with Crippen LogP contribution in [0.1, 0.15) is 264 Å². The normalized spacial score (nSPS) is 14.5. The zero-order chi connectivity index (χ0) is 54.9. The van der Waals surface area contributed by atoms with E-state index in [0.717, 1.165) is 103 Å². The van der Waals surface area contributed by atoms with E-state index in [1.165, 1.54) is 135 Å². The SMILES string of the molecule is CC/C=C\C/C=C\C/C=C\C/C=C\C/C=C\C/C=C\C/C=C\C/C=C\CCCCCCC(=O)NC(COP(=O)([O-])OCC[N+](C)(C)C)C(O)CCCCCCCCCCCCCCCCCCCCCCCCCC. The highest BCUT2D eigenvalue weighted by Gasteiger charge is 2.24. The van der Waals surface area contributed by atoms with E-state index >= 15 is 0 Å². The molecule has 0 fully saturated rings. The van der Waals surface area contributed by atoms with Crippen LogP contribution in [0.2, 0.25) is 0 Å². The quantitative estimate of drug-likeness (QED) is 0.0272. The predicted octanol–water partition coefficient (Wildman–Crippen LogP) is 18.7. The van der Waals surface area contributed by atoms with Crippen LogP contribution in [0.25, 0.3) is 0 Å². The van der Waals surface area contributed by atoms with Gasteiger partial charge in [-0.25, -0.2) is 0 Å². The number of aliphatic hydroxyl groups is 1. The second-order valence-corrected chi connectivity index (χ2v) is 23.4. The van der Waals surface area contributed by atoms with Gasteiger partial charge in [-0.3, -0.25) is 9.36 Å². The Morgan fingerprint density at radius 3 is 1.19 bits per heavy atom. The molecule has 0 aliphatic rings. The molecule has 0 aliphatic carbocycles. The fraction of sp³-hybridized carbons (Fsp3) is 0.742. The summed E-state index contributed by atoms with van der Waals surface area (Å²) >= 11 is 0. The number of nitrogens with one attached hydrogen (secondary N) is 1. The van der Waals surface area contributed by atoms with Gasteiger partial charge >= 0.3 is 0 Å². The number of amides is 1. The number of hydrogen-bond donors (Lipinski definition) is 2. The van der Waals surface area contributed by atoms with Crippen molar-refractivity contribution in [1.82, 2.24) is 5.32 Å². The summed E-state index contributed by atoms with van der Waals surface area (Å²) in [6, 6.07) is -0.823. The maximum atomic E-state index is 13.0. The van der Waals surface area contributed by atoms with Crippen LogP contribution < -0.4 is 10.2 Å². The monoisotopic (exact) mass is 1070 g/mol. The van der Waals surface area contributed by atoms with Gasteiger partial charge in [0.1, 0.15) is 13.2 Å². The van der Waals surface area contributed by atoms with Gasteiger partial charge in [0.2, 0.25) is 5.91 Å². The lowest BCUT2D eigenvalue weighted by molar-refractivity contribution is -0.870. The molecular formula is C66H119N2O6P. The van der Waals surface area contributed by atoms with Crippen LogP contribution in [0.5, 0.6) is 0 Å². The summed E-state index contributed by atoms with van der Waals surface area (Å²) in [4.78, 5) is 25.6. The van der Waals surface area contributed by atoms with Crippen LogP contribution in [0, 0.1) is 0 Å². The van der Waals surface area contributed by atoms with Crippen molar-refractivity contribution < 1.29 is 32.9 Å². The summed E-state index contributed by atoms with van der Waals surface area (Å²) in [5, 5.41) is 14.0.